The molecule has 45 heavy (non-hydrogen) atoms. The predicted molar refractivity (Wildman–Crippen MR) is 169 cm³/mol. The van der Waals surface area contributed by atoms with Crippen molar-refractivity contribution in [2.75, 3.05) is 30.5 Å². The Kier molecular flexibility index (Phi) is 8.96. The van der Waals surface area contributed by atoms with Gasteiger partial charge in [-0.1, -0.05) is 38.1 Å². The molecule has 1 aliphatic heterocycles. The van der Waals surface area contributed by atoms with Gasteiger partial charge in [0.1, 0.15) is 11.9 Å². The molecule has 0 radical (unpaired) electrons. The quantitative estimate of drug-likeness (QED) is 0.215. The minimum Gasteiger partial charge on any atom is -0.494 e. The molecule has 236 valence electrons. The van der Waals surface area contributed by atoms with Crippen molar-refractivity contribution in [2.24, 2.45) is 5.92 Å². The molecule has 2 heterocycles. The van der Waals surface area contributed by atoms with Crippen molar-refractivity contribution in [3.8, 4) is 5.75 Å². The number of aryl methyl sites for hydroxylation is 1. The molecular weight excluding hydrogens is 599 g/mol. The maximum atomic E-state index is 16.1. The largest absolute Gasteiger partial charge is 0.494 e. The van der Waals surface area contributed by atoms with Crippen LogP contribution in [0.5, 0.6) is 5.75 Å². The number of carboxylic acids is 1. The van der Waals surface area contributed by atoms with E-state index < -0.39 is 45.5 Å². The third-order valence-corrected chi connectivity index (χ3v) is 10.2. The lowest BCUT2D eigenvalue weighted by Crippen LogP contribution is -2.40. The first-order chi connectivity index (χ1) is 21.5. The maximum Gasteiger partial charge on any atom is 0.309 e. The number of rotatable bonds is 10. The highest BCUT2D eigenvalue weighted by Gasteiger charge is 2.46. The smallest absolute Gasteiger partial charge is 0.309 e. The lowest BCUT2D eigenvalue weighted by molar-refractivity contribution is -0.143. The summed E-state index contributed by atoms with van der Waals surface area (Å²) in [4.78, 5) is 32.6. The van der Waals surface area contributed by atoms with Crippen LogP contribution in [0.1, 0.15) is 49.0 Å². The number of aliphatic carboxylic acids is 1. The van der Waals surface area contributed by atoms with Crippen molar-refractivity contribution in [3.63, 3.8) is 0 Å². The maximum absolute atomic E-state index is 16.1. The van der Waals surface area contributed by atoms with Crippen LogP contribution < -0.4 is 15.8 Å². The number of benzene rings is 3. The molecule has 0 saturated carbocycles. The summed E-state index contributed by atoms with van der Waals surface area (Å²) < 4.78 is 47.6. The summed E-state index contributed by atoms with van der Waals surface area (Å²) in [6, 6.07) is 13.8. The van der Waals surface area contributed by atoms with Crippen molar-refractivity contribution < 1.29 is 32.2 Å². The molecule has 10 nitrogen and oxygen atoms in total. The molecule has 4 N–H and O–H groups in total. The van der Waals surface area contributed by atoms with Gasteiger partial charge in [-0.05, 0) is 65.8 Å². The number of carboxylic acid groups (broad SMARTS) is 1. The van der Waals surface area contributed by atoms with E-state index in [9.17, 15) is 23.1 Å². The van der Waals surface area contributed by atoms with Crippen molar-refractivity contribution in [3.05, 3.63) is 89.4 Å². The lowest BCUT2D eigenvalue weighted by atomic mass is 9.93. The number of carbonyl (C=O) groups is 2. The average Bonchev–Trinajstić information content (AvgIpc) is 3.49. The van der Waals surface area contributed by atoms with Crippen molar-refractivity contribution in [1.29, 1.82) is 0 Å². The fourth-order valence-electron chi connectivity index (χ4n) is 5.98. The number of pyridine rings is 1. The van der Waals surface area contributed by atoms with Gasteiger partial charge in [-0.25, -0.2) is 17.8 Å². The number of ether oxygens (including phenoxy) is 1. The standard InChI is InChI=1S/C33H35FN4O6S/c1-4-19-16-25(28(34)26(17-19)44-3)29(37-21-10-11-22-20(18-21)12-14-36-31(22)35)32(39)38-15-13-24(33(40)41)30(38)23-8-6-7-9-27(23)45(42,43)5-2/h6-12,14,16-18,24,29-30,37H,4-5,13,15H2,1-3H3,(H2,35,36)(H,40,41)/t24-,29-,30-/m0/s1. The van der Waals surface area contributed by atoms with Crippen LogP contribution in [0.4, 0.5) is 15.9 Å². The molecule has 4 aromatic rings. The number of likely N-dealkylation sites (tertiary alicyclic amines) is 1. The number of aromatic nitrogens is 1. The summed E-state index contributed by atoms with van der Waals surface area (Å²) in [5, 5.41) is 14.8. The minimum atomic E-state index is -3.77. The Labute approximate surface area is 260 Å². The van der Waals surface area contributed by atoms with E-state index in [0.29, 0.717) is 23.3 Å². The van der Waals surface area contributed by atoms with Gasteiger partial charge >= 0.3 is 5.97 Å². The van der Waals surface area contributed by atoms with Gasteiger partial charge in [-0.3, -0.25) is 9.59 Å². The van der Waals surface area contributed by atoms with E-state index in [-0.39, 0.29) is 40.5 Å². The van der Waals surface area contributed by atoms with Crippen LogP contribution in [0, 0.1) is 11.7 Å². The second kappa shape index (κ2) is 12.7. The molecular formula is C33H35FN4O6S. The zero-order valence-corrected chi connectivity index (χ0v) is 26.0. The van der Waals surface area contributed by atoms with E-state index in [2.05, 4.69) is 10.3 Å². The van der Waals surface area contributed by atoms with Crippen LogP contribution in [0.2, 0.25) is 0 Å². The number of carbonyl (C=O) groups excluding carboxylic acids is 1. The van der Waals surface area contributed by atoms with Crippen LogP contribution in [0.15, 0.2) is 71.8 Å². The molecule has 1 saturated heterocycles. The van der Waals surface area contributed by atoms with E-state index in [1.165, 1.54) is 25.0 Å². The van der Waals surface area contributed by atoms with Gasteiger partial charge in [0.25, 0.3) is 0 Å². The third-order valence-electron chi connectivity index (χ3n) is 8.37. The van der Waals surface area contributed by atoms with E-state index in [1.54, 1.807) is 60.8 Å². The molecule has 3 atom stereocenters. The van der Waals surface area contributed by atoms with Crippen molar-refractivity contribution >= 4 is 44.0 Å². The first kappa shape index (κ1) is 31.7. The Hall–Kier alpha value is -4.71. The summed E-state index contributed by atoms with van der Waals surface area (Å²) in [5.41, 5.74) is 7.45. The fourth-order valence-corrected chi connectivity index (χ4v) is 7.13. The minimum absolute atomic E-state index is 0.0116. The van der Waals surface area contributed by atoms with Crippen LogP contribution in [0.3, 0.4) is 0 Å². The Morgan fingerprint density at radius 3 is 2.60 bits per heavy atom. The molecule has 3 aromatic carbocycles. The Morgan fingerprint density at radius 1 is 1.16 bits per heavy atom. The van der Waals surface area contributed by atoms with Crippen LogP contribution >= 0.6 is 0 Å². The number of nitrogens with two attached hydrogens (primary N) is 1. The van der Waals surface area contributed by atoms with Crippen molar-refractivity contribution in [2.45, 2.75) is 43.7 Å². The molecule has 0 unspecified atom stereocenters. The van der Waals surface area contributed by atoms with Gasteiger partial charge < -0.3 is 25.8 Å². The number of hydrogen-bond donors (Lipinski definition) is 3. The van der Waals surface area contributed by atoms with Crippen LogP contribution in [0.25, 0.3) is 10.8 Å². The van der Waals surface area contributed by atoms with Gasteiger partial charge in [-0.15, -0.1) is 0 Å². The monoisotopic (exact) mass is 634 g/mol. The second-order valence-electron chi connectivity index (χ2n) is 10.9. The fraction of sp³-hybridized carbons (Fsp3) is 0.303. The number of nitrogens with zero attached hydrogens (tertiary/aromatic N) is 2. The number of methoxy groups -OCH3 is 1. The topological polar surface area (TPSA) is 152 Å². The number of amides is 1. The Morgan fingerprint density at radius 2 is 1.91 bits per heavy atom. The number of nitrogen functional groups attached to an aromatic ring is 1. The first-order valence-electron chi connectivity index (χ1n) is 14.6. The second-order valence-corrected chi connectivity index (χ2v) is 13.2. The van der Waals surface area contributed by atoms with E-state index in [4.69, 9.17) is 10.5 Å². The molecule has 5 rings (SSSR count). The Balaban J connectivity index is 1.67. The molecule has 0 spiro atoms. The molecule has 0 aliphatic carbocycles. The van der Waals surface area contributed by atoms with Crippen molar-refractivity contribution in [1.82, 2.24) is 9.88 Å². The molecule has 1 amide bonds. The highest BCUT2D eigenvalue weighted by molar-refractivity contribution is 7.91. The van der Waals surface area contributed by atoms with Crippen LogP contribution in [-0.4, -0.2) is 54.7 Å². The molecule has 1 aromatic heterocycles. The molecule has 12 heteroatoms. The number of anilines is 2. The zero-order valence-electron chi connectivity index (χ0n) is 25.2. The van der Waals surface area contributed by atoms with Gasteiger partial charge in [0.15, 0.2) is 21.4 Å². The van der Waals surface area contributed by atoms with Gasteiger partial charge in [0.05, 0.1) is 29.7 Å². The summed E-state index contributed by atoms with van der Waals surface area (Å²) in [6.07, 6.45) is 2.17. The van der Waals surface area contributed by atoms with Gasteiger partial charge in [-0.2, -0.15) is 0 Å². The number of halogens is 1. The van der Waals surface area contributed by atoms with Crippen LogP contribution in [-0.2, 0) is 25.8 Å². The van der Waals surface area contributed by atoms with Gasteiger partial charge in [0.2, 0.25) is 5.91 Å². The molecule has 1 fully saturated rings. The van der Waals surface area contributed by atoms with E-state index in [0.717, 1.165) is 10.9 Å². The average molecular weight is 635 g/mol. The normalized spacial score (nSPS) is 17.3. The summed E-state index contributed by atoms with van der Waals surface area (Å²) in [7, 11) is -2.43. The first-order valence-corrected chi connectivity index (χ1v) is 16.3. The highest BCUT2D eigenvalue weighted by atomic mass is 32.2. The zero-order chi connectivity index (χ0) is 32.5. The molecule has 1 aliphatic rings. The highest BCUT2D eigenvalue weighted by Crippen LogP contribution is 2.43. The number of nitrogens with one attached hydrogen (secondary N) is 1. The number of fused-ring (bicyclic) bond motifs is 1. The summed E-state index contributed by atoms with van der Waals surface area (Å²) in [6.45, 7) is 3.41. The molecule has 0 bridgehead atoms. The Bertz CT molecular complexity index is 1880. The SMILES string of the molecule is CCc1cc(OC)c(F)c([C@H](Nc2ccc3c(N)nccc3c2)C(=O)N2CC[C@H](C(=O)O)[C@@H]2c2ccccc2S(=O)(=O)CC)c1. The van der Waals surface area contributed by atoms with E-state index >= 15 is 4.39 Å². The third kappa shape index (κ3) is 6.02. The predicted octanol–water partition coefficient (Wildman–Crippen LogP) is 5.15. The lowest BCUT2D eigenvalue weighted by Gasteiger charge is -2.33. The number of sulfone groups is 1. The summed E-state index contributed by atoms with van der Waals surface area (Å²) in [5.74, 6) is -3.51. The van der Waals surface area contributed by atoms with Gasteiger partial charge in [0, 0.05) is 29.4 Å². The summed E-state index contributed by atoms with van der Waals surface area (Å²) >= 11 is 0. The number of hydrogen-bond acceptors (Lipinski definition) is 8. The van der Waals surface area contributed by atoms with E-state index in [1.807, 2.05) is 6.92 Å².